The lowest BCUT2D eigenvalue weighted by molar-refractivity contribution is 0.664. The number of fused-ring (bicyclic) bond motifs is 1. The minimum absolute atomic E-state index is 0.809. The summed E-state index contributed by atoms with van der Waals surface area (Å²) in [6, 6.07) is 0. The van der Waals surface area contributed by atoms with Crippen LogP contribution in [0.25, 0.3) is 10.3 Å². The molecule has 0 bridgehead atoms. The van der Waals surface area contributed by atoms with Crippen molar-refractivity contribution in [3.05, 3.63) is 5.69 Å². The molecule has 0 saturated heterocycles. The number of tetrazole rings is 1. The first-order chi connectivity index (χ1) is 9.65. The van der Waals surface area contributed by atoms with Crippen LogP contribution in [0.15, 0.2) is 5.16 Å². The molecule has 1 N–H and O–H groups in total. The molecule has 0 atom stereocenters. The van der Waals surface area contributed by atoms with Gasteiger partial charge in [0.2, 0.25) is 5.16 Å². The number of thioether (sulfide) groups is 1. The summed E-state index contributed by atoms with van der Waals surface area (Å²) in [4.78, 5) is 4.54. The van der Waals surface area contributed by atoms with Gasteiger partial charge in [0.1, 0.15) is 0 Å². The van der Waals surface area contributed by atoms with E-state index < -0.39 is 0 Å². The van der Waals surface area contributed by atoms with E-state index in [1.54, 1.807) is 27.8 Å². The number of thiazole rings is 1. The van der Waals surface area contributed by atoms with Gasteiger partial charge >= 0.3 is 0 Å². The van der Waals surface area contributed by atoms with Crippen molar-refractivity contribution >= 4 is 38.6 Å². The van der Waals surface area contributed by atoms with Gasteiger partial charge in [-0.2, -0.15) is 5.10 Å². The quantitative estimate of drug-likeness (QED) is 0.557. The highest BCUT2D eigenvalue weighted by molar-refractivity contribution is 7.99. The Kier molecular flexibility index (Phi) is 3.57. The van der Waals surface area contributed by atoms with Crippen molar-refractivity contribution in [3.8, 4) is 0 Å². The predicted octanol–water partition coefficient (Wildman–Crippen LogP) is 1.07. The van der Waals surface area contributed by atoms with E-state index in [0.717, 1.165) is 38.6 Å². The standard InChI is InChI=1S/C10H14N8S2/c1-6-7-8(17(2)14-6)12-9(20-7)11-4-5-19-10-13-15-16-18(10)3/h4-5H2,1-3H3,(H,11,12). The van der Waals surface area contributed by atoms with Gasteiger partial charge in [0.25, 0.3) is 0 Å². The molecule has 3 rings (SSSR count). The number of rotatable bonds is 5. The Morgan fingerprint density at radius 3 is 2.85 bits per heavy atom. The summed E-state index contributed by atoms with van der Waals surface area (Å²) in [6.07, 6.45) is 0. The molecule has 0 aliphatic heterocycles. The van der Waals surface area contributed by atoms with Crippen molar-refractivity contribution in [2.24, 2.45) is 14.1 Å². The van der Waals surface area contributed by atoms with E-state index in [9.17, 15) is 0 Å². The van der Waals surface area contributed by atoms with Gasteiger partial charge in [0.05, 0.1) is 10.4 Å². The first kappa shape index (κ1) is 13.3. The van der Waals surface area contributed by atoms with Crippen molar-refractivity contribution in [3.63, 3.8) is 0 Å². The maximum atomic E-state index is 4.54. The SMILES string of the molecule is Cc1nn(C)c2nc(NCCSc3nnnn3C)sc12. The molecular formula is C10H14N8S2. The molecule has 3 aromatic rings. The van der Waals surface area contributed by atoms with E-state index in [2.05, 4.69) is 30.9 Å². The summed E-state index contributed by atoms with van der Waals surface area (Å²) in [6.45, 7) is 2.81. The molecule has 3 heterocycles. The summed E-state index contributed by atoms with van der Waals surface area (Å²) >= 11 is 3.25. The molecule has 0 amide bonds. The third-order valence-corrected chi connectivity index (χ3v) is 4.86. The summed E-state index contributed by atoms with van der Waals surface area (Å²) in [5.41, 5.74) is 1.95. The average molecular weight is 310 g/mol. The lowest BCUT2D eigenvalue weighted by Crippen LogP contribution is -2.05. The molecule has 0 aliphatic carbocycles. The molecule has 0 saturated carbocycles. The van der Waals surface area contributed by atoms with E-state index in [1.807, 2.05) is 25.7 Å². The third kappa shape index (κ3) is 2.48. The van der Waals surface area contributed by atoms with Gasteiger partial charge in [-0.3, -0.25) is 0 Å². The number of aromatic nitrogens is 7. The Hall–Kier alpha value is -1.68. The van der Waals surface area contributed by atoms with Gasteiger partial charge in [-0.25, -0.2) is 14.3 Å². The van der Waals surface area contributed by atoms with Crippen LogP contribution in [0.1, 0.15) is 5.69 Å². The molecule has 0 fully saturated rings. The van der Waals surface area contributed by atoms with Gasteiger partial charge in [0, 0.05) is 26.4 Å². The Morgan fingerprint density at radius 1 is 1.30 bits per heavy atom. The lowest BCUT2D eigenvalue weighted by Gasteiger charge is -2.01. The van der Waals surface area contributed by atoms with Gasteiger partial charge in [0.15, 0.2) is 10.8 Å². The van der Waals surface area contributed by atoms with E-state index in [1.165, 1.54) is 0 Å². The zero-order valence-electron chi connectivity index (χ0n) is 11.4. The smallest absolute Gasteiger partial charge is 0.209 e. The first-order valence-electron chi connectivity index (χ1n) is 6.04. The first-order valence-corrected chi connectivity index (χ1v) is 7.84. The van der Waals surface area contributed by atoms with Crippen LogP contribution in [0.5, 0.6) is 0 Å². The number of nitrogens with one attached hydrogen (secondary N) is 1. The maximum Gasteiger partial charge on any atom is 0.209 e. The summed E-state index contributed by atoms with van der Waals surface area (Å²) < 4.78 is 4.61. The Bertz CT molecular complexity index is 692. The van der Waals surface area contributed by atoms with Gasteiger partial charge in [-0.05, 0) is 17.4 Å². The van der Waals surface area contributed by atoms with Crippen molar-refractivity contribution in [1.29, 1.82) is 0 Å². The number of hydrogen-bond acceptors (Lipinski definition) is 8. The largest absolute Gasteiger partial charge is 0.361 e. The van der Waals surface area contributed by atoms with Gasteiger partial charge in [-0.1, -0.05) is 23.1 Å². The van der Waals surface area contributed by atoms with Crippen molar-refractivity contribution < 1.29 is 0 Å². The van der Waals surface area contributed by atoms with Crippen molar-refractivity contribution in [2.45, 2.75) is 12.1 Å². The maximum absolute atomic E-state index is 4.54. The molecule has 0 aliphatic rings. The summed E-state index contributed by atoms with van der Waals surface area (Å²) in [7, 11) is 3.74. The zero-order chi connectivity index (χ0) is 14.1. The molecule has 106 valence electrons. The van der Waals surface area contributed by atoms with Crippen molar-refractivity contribution in [1.82, 2.24) is 35.0 Å². The lowest BCUT2D eigenvalue weighted by atomic mass is 10.5. The fourth-order valence-electron chi connectivity index (χ4n) is 1.80. The molecule has 0 radical (unpaired) electrons. The summed E-state index contributed by atoms with van der Waals surface area (Å²) in [5.74, 6) is 0.876. The highest BCUT2D eigenvalue weighted by Gasteiger charge is 2.11. The molecule has 0 spiro atoms. The highest BCUT2D eigenvalue weighted by Crippen LogP contribution is 2.28. The number of anilines is 1. The number of aryl methyl sites for hydroxylation is 3. The Morgan fingerprint density at radius 2 is 2.15 bits per heavy atom. The molecule has 10 heteroatoms. The normalized spacial score (nSPS) is 11.3. The Labute approximate surface area is 123 Å². The second-order valence-electron chi connectivity index (χ2n) is 4.24. The van der Waals surface area contributed by atoms with Crippen LogP contribution < -0.4 is 5.32 Å². The predicted molar refractivity (Wildman–Crippen MR) is 79.1 cm³/mol. The van der Waals surface area contributed by atoms with E-state index >= 15 is 0 Å². The molecule has 0 aromatic carbocycles. The minimum atomic E-state index is 0.809. The van der Waals surface area contributed by atoms with Crippen LogP contribution in [0.2, 0.25) is 0 Å². The highest BCUT2D eigenvalue weighted by atomic mass is 32.2. The van der Waals surface area contributed by atoms with Crippen LogP contribution in [0.3, 0.4) is 0 Å². The van der Waals surface area contributed by atoms with Gasteiger partial charge < -0.3 is 5.32 Å². The second-order valence-corrected chi connectivity index (χ2v) is 6.30. The fourth-order valence-corrected chi connectivity index (χ4v) is 3.47. The van der Waals surface area contributed by atoms with Crippen LogP contribution in [-0.2, 0) is 14.1 Å². The van der Waals surface area contributed by atoms with E-state index in [4.69, 9.17) is 0 Å². The van der Waals surface area contributed by atoms with E-state index in [0.29, 0.717) is 0 Å². The topological polar surface area (TPSA) is 86.3 Å². The third-order valence-electron chi connectivity index (χ3n) is 2.74. The minimum Gasteiger partial charge on any atom is -0.361 e. The Balaban J connectivity index is 1.57. The molecule has 8 nitrogen and oxygen atoms in total. The zero-order valence-corrected chi connectivity index (χ0v) is 13.0. The summed E-state index contributed by atoms with van der Waals surface area (Å²) in [5, 5.41) is 20.7. The van der Waals surface area contributed by atoms with Crippen LogP contribution >= 0.6 is 23.1 Å². The molecule has 3 aromatic heterocycles. The van der Waals surface area contributed by atoms with Crippen LogP contribution in [-0.4, -0.2) is 47.3 Å². The molecular weight excluding hydrogens is 296 g/mol. The number of nitrogens with zero attached hydrogens (tertiary/aromatic N) is 7. The van der Waals surface area contributed by atoms with Gasteiger partial charge in [-0.15, -0.1) is 5.10 Å². The molecule has 0 unspecified atom stereocenters. The van der Waals surface area contributed by atoms with Crippen LogP contribution in [0.4, 0.5) is 5.13 Å². The average Bonchev–Trinajstić information content (AvgIpc) is 3.06. The second kappa shape index (κ2) is 5.37. The fraction of sp³-hybridized carbons (Fsp3) is 0.500. The van der Waals surface area contributed by atoms with Crippen LogP contribution in [0, 0.1) is 6.92 Å². The van der Waals surface area contributed by atoms with E-state index in [-0.39, 0.29) is 0 Å². The monoisotopic (exact) mass is 310 g/mol. The van der Waals surface area contributed by atoms with Crippen molar-refractivity contribution in [2.75, 3.05) is 17.6 Å². The number of hydrogen-bond donors (Lipinski definition) is 1. The molecule has 20 heavy (non-hydrogen) atoms.